The van der Waals surface area contributed by atoms with Crippen LogP contribution in [0.5, 0.6) is 5.75 Å². The second kappa shape index (κ2) is 10.1. The van der Waals surface area contributed by atoms with Crippen molar-refractivity contribution in [2.24, 2.45) is 0 Å². The number of hydrogen-bond donors (Lipinski definition) is 2. The van der Waals surface area contributed by atoms with Crippen molar-refractivity contribution in [1.82, 2.24) is 20.4 Å². The Morgan fingerprint density at radius 2 is 1.74 bits per heavy atom. The molecule has 1 amide bonds. The first-order valence-electron chi connectivity index (χ1n) is 9.60. The molecule has 0 atom stereocenters. The lowest BCUT2D eigenvalue weighted by Crippen LogP contribution is -2.41. The Kier molecular flexibility index (Phi) is 7.19. The number of nitrogens with one attached hydrogen (secondary N) is 2. The topological polar surface area (TPSA) is 123 Å². The van der Waals surface area contributed by atoms with Crippen molar-refractivity contribution in [3.05, 3.63) is 80.4 Å². The summed E-state index contributed by atoms with van der Waals surface area (Å²) in [5.41, 5.74) is 2.82. The van der Waals surface area contributed by atoms with Gasteiger partial charge in [0.2, 0.25) is 0 Å². The number of benzene rings is 2. The normalized spacial score (nSPS) is 11.4. The van der Waals surface area contributed by atoms with Crippen LogP contribution in [-0.2, 0) is 16.6 Å². The van der Waals surface area contributed by atoms with E-state index in [-0.39, 0.29) is 17.2 Å². The summed E-state index contributed by atoms with van der Waals surface area (Å²) in [6.45, 7) is 1.83. The highest BCUT2D eigenvalue weighted by atomic mass is 35.5. The number of hydrogen-bond acceptors (Lipinski definition) is 8. The first-order chi connectivity index (χ1) is 16.2. The number of hydrazine groups is 1. The molecule has 0 radical (unpaired) electrons. The molecule has 2 aromatic carbocycles. The summed E-state index contributed by atoms with van der Waals surface area (Å²) in [5, 5.41) is 7.14. The van der Waals surface area contributed by atoms with Crippen molar-refractivity contribution < 1.29 is 22.5 Å². The Bertz CT molecular complexity index is 1420. The highest BCUT2D eigenvalue weighted by Gasteiger charge is 2.25. The number of aryl methyl sites for hydroxylation is 1. The van der Waals surface area contributed by atoms with Crippen molar-refractivity contribution >= 4 is 50.5 Å². The summed E-state index contributed by atoms with van der Waals surface area (Å²) < 4.78 is 35.7. The molecule has 176 valence electrons. The molecule has 2 heterocycles. The van der Waals surface area contributed by atoms with Gasteiger partial charge in [-0.2, -0.15) is 0 Å². The number of carbonyl (C=O) groups is 1. The molecule has 0 aliphatic rings. The number of halogens is 2. The first-order valence-corrected chi connectivity index (χ1v) is 12.7. The molecule has 0 spiro atoms. The van der Waals surface area contributed by atoms with Gasteiger partial charge in [-0.3, -0.25) is 10.2 Å². The molecular weight excluding hydrogens is 523 g/mol. The highest BCUT2D eigenvalue weighted by molar-refractivity contribution is 7.89. The van der Waals surface area contributed by atoms with Crippen LogP contribution in [-0.4, -0.2) is 24.5 Å². The summed E-state index contributed by atoms with van der Waals surface area (Å²) in [7, 11) is -4.02. The fourth-order valence-electron chi connectivity index (χ4n) is 2.84. The van der Waals surface area contributed by atoms with Crippen LogP contribution in [0.2, 0.25) is 10.0 Å². The maximum atomic E-state index is 12.7. The third-order valence-electron chi connectivity index (χ3n) is 4.48. The number of carbonyl (C=O) groups excluding carboxylic acids is 1. The fourth-order valence-corrected chi connectivity index (χ4v) is 4.63. The van der Waals surface area contributed by atoms with Crippen LogP contribution in [0.1, 0.15) is 21.3 Å². The number of amides is 1. The van der Waals surface area contributed by atoms with Crippen LogP contribution in [0.25, 0.3) is 11.3 Å². The Balaban J connectivity index is 1.46. The van der Waals surface area contributed by atoms with E-state index in [0.717, 1.165) is 0 Å². The number of sulfonamides is 1. The van der Waals surface area contributed by atoms with E-state index in [1.165, 1.54) is 35.6 Å². The van der Waals surface area contributed by atoms with Gasteiger partial charge in [-0.25, -0.2) is 13.4 Å². The summed E-state index contributed by atoms with van der Waals surface area (Å²) in [4.78, 5) is 19.1. The van der Waals surface area contributed by atoms with Crippen molar-refractivity contribution in [1.29, 1.82) is 0 Å². The average molecular weight is 539 g/mol. The zero-order valence-corrected chi connectivity index (χ0v) is 20.6. The average Bonchev–Trinajstić information content (AvgIpc) is 3.43. The minimum absolute atomic E-state index is 0.0708. The van der Waals surface area contributed by atoms with E-state index in [1.54, 1.807) is 36.6 Å². The minimum atomic E-state index is -4.02. The first kappa shape index (κ1) is 24.2. The zero-order chi connectivity index (χ0) is 24.3. The van der Waals surface area contributed by atoms with E-state index in [1.807, 2.05) is 4.83 Å². The van der Waals surface area contributed by atoms with Gasteiger partial charge in [-0.05, 0) is 55.5 Å². The predicted octanol–water partition coefficient (Wildman–Crippen LogP) is 4.62. The largest absolute Gasteiger partial charge is 0.486 e. The van der Waals surface area contributed by atoms with Gasteiger partial charge in [0, 0.05) is 15.4 Å². The smallest absolute Gasteiger partial charge is 0.289 e. The lowest BCUT2D eigenvalue weighted by molar-refractivity contribution is 0.0936. The van der Waals surface area contributed by atoms with Crippen LogP contribution in [0.15, 0.2) is 63.3 Å². The molecule has 0 bridgehead atoms. The standard InChI is InChI=1S/C21H16Cl2N4O5S2/c1-12-19(17-11-33-18(24-17)10-31-15-6-2-13(22)3-7-15)20(26-32-12)21(28)25-27-34(29,30)16-8-4-14(23)5-9-16/h2-9,11,27H,10H2,1H3,(H,25,28). The van der Waals surface area contributed by atoms with Crippen LogP contribution < -0.4 is 15.0 Å². The van der Waals surface area contributed by atoms with Crippen LogP contribution >= 0.6 is 34.5 Å². The maximum absolute atomic E-state index is 12.7. The molecule has 2 aromatic heterocycles. The quantitative estimate of drug-likeness (QED) is 0.313. The Morgan fingerprint density at radius 3 is 2.41 bits per heavy atom. The second-order valence-electron chi connectivity index (χ2n) is 6.84. The molecule has 9 nitrogen and oxygen atoms in total. The van der Waals surface area contributed by atoms with E-state index in [0.29, 0.717) is 37.8 Å². The van der Waals surface area contributed by atoms with E-state index in [2.05, 4.69) is 15.6 Å². The van der Waals surface area contributed by atoms with Gasteiger partial charge >= 0.3 is 0 Å². The zero-order valence-electron chi connectivity index (χ0n) is 17.4. The van der Waals surface area contributed by atoms with Gasteiger partial charge in [-0.15, -0.1) is 16.2 Å². The third-order valence-corrected chi connectivity index (χ3v) is 7.07. The number of rotatable bonds is 8. The van der Waals surface area contributed by atoms with Crippen LogP contribution in [0.3, 0.4) is 0 Å². The number of thiazole rings is 1. The molecular formula is C21H16Cl2N4O5S2. The lowest BCUT2D eigenvalue weighted by atomic mass is 10.1. The molecule has 0 fully saturated rings. The summed E-state index contributed by atoms with van der Waals surface area (Å²) in [6.07, 6.45) is 0. The molecule has 34 heavy (non-hydrogen) atoms. The van der Waals surface area contributed by atoms with Gasteiger partial charge in [0.25, 0.3) is 15.9 Å². The van der Waals surface area contributed by atoms with Gasteiger partial charge in [0.15, 0.2) is 5.69 Å². The van der Waals surface area contributed by atoms with Crippen LogP contribution in [0.4, 0.5) is 0 Å². The Morgan fingerprint density at radius 1 is 1.09 bits per heavy atom. The summed E-state index contributed by atoms with van der Waals surface area (Å²) >= 11 is 13.0. The highest BCUT2D eigenvalue weighted by Crippen LogP contribution is 2.29. The second-order valence-corrected chi connectivity index (χ2v) is 10.3. The third kappa shape index (κ3) is 5.57. The number of aromatic nitrogens is 2. The van der Waals surface area contributed by atoms with Crippen molar-refractivity contribution in [2.75, 3.05) is 0 Å². The van der Waals surface area contributed by atoms with Gasteiger partial charge in [0.1, 0.15) is 23.1 Å². The summed E-state index contributed by atoms with van der Waals surface area (Å²) in [5.74, 6) is 0.174. The molecule has 0 saturated heterocycles. The maximum Gasteiger partial charge on any atom is 0.289 e. The molecule has 4 aromatic rings. The van der Waals surface area contributed by atoms with E-state index in [9.17, 15) is 13.2 Å². The molecule has 13 heteroatoms. The molecule has 0 unspecified atom stereocenters. The lowest BCUT2D eigenvalue weighted by Gasteiger charge is -2.08. The van der Waals surface area contributed by atoms with Gasteiger partial charge in [-0.1, -0.05) is 28.4 Å². The Labute approximate surface area is 208 Å². The van der Waals surface area contributed by atoms with Crippen LogP contribution in [0, 0.1) is 6.92 Å². The predicted molar refractivity (Wildman–Crippen MR) is 127 cm³/mol. The SMILES string of the molecule is Cc1onc(C(=O)NNS(=O)(=O)c2ccc(Cl)cc2)c1-c1csc(COc2ccc(Cl)cc2)n1. The summed E-state index contributed by atoms with van der Waals surface area (Å²) in [6, 6.07) is 12.4. The number of ether oxygens (including phenoxy) is 1. The molecule has 0 aliphatic carbocycles. The molecule has 0 saturated carbocycles. The fraction of sp³-hybridized carbons (Fsp3) is 0.0952. The number of nitrogens with zero attached hydrogens (tertiary/aromatic N) is 2. The van der Waals surface area contributed by atoms with Crippen molar-refractivity contribution in [3.8, 4) is 17.0 Å². The molecule has 4 rings (SSSR count). The molecule has 0 aliphatic heterocycles. The van der Waals surface area contributed by atoms with Gasteiger partial charge < -0.3 is 9.26 Å². The minimum Gasteiger partial charge on any atom is -0.486 e. The van der Waals surface area contributed by atoms with E-state index < -0.39 is 15.9 Å². The van der Waals surface area contributed by atoms with E-state index >= 15 is 0 Å². The molecule has 2 N–H and O–H groups in total. The van der Waals surface area contributed by atoms with Crippen molar-refractivity contribution in [3.63, 3.8) is 0 Å². The van der Waals surface area contributed by atoms with Crippen molar-refractivity contribution in [2.45, 2.75) is 18.4 Å². The monoisotopic (exact) mass is 538 g/mol. The Hall–Kier alpha value is -2.96. The van der Waals surface area contributed by atoms with Gasteiger partial charge in [0.05, 0.1) is 16.2 Å². The van der Waals surface area contributed by atoms with E-state index in [4.69, 9.17) is 32.5 Å².